The van der Waals surface area contributed by atoms with E-state index in [0.717, 1.165) is 5.56 Å². The van der Waals surface area contributed by atoms with E-state index in [1.54, 1.807) is 30.1 Å². The molecule has 25 heavy (non-hydrogen) atoms. The van der Waals surface area contributed by atoms with Gasteiger partial charge in [-0.25, -0.2) is 0 Å². The molecule has 0 saturated carbocycles. The van der Waals surface area contributed by atoms with E-state index in [1.165, 1.54) is 4.90 Å². The molecule has 1 aliphatic rings. The first-order chi connectivity index (χ1) is 12.0. The Morgan fingerprint density at radius 1 is 1.28 bits per heavy atom. The minimum atomic E-state index is -0.516. The van der Waals surface area contributed by atoms with Gasteiger partial charge in [-0.1, -0.05) is 36.4 Å². The zero-order chi connectivity index (χ0) is 18.0. The zero-order valence-corrected chi connectivity index (χ0v) is 14.4. The van der Waals surface area contributed by atoms with Gasteiger partial charge in [0.05, 0.1) is 5.69 Å². The number of carbonyl (C=O) groups is 2. The van der Waals surface area contributed by atoms with Gasteiger partial charge in [-0.2, -0.15) is 5.10 Å². The van der Waals surface area contributed by atoms with Crippen LogP contribution in [-0.2, 0) is 16.6 Å². The number of aryl methyl sites for hydroxylation is 1. The molecule has 0 aliphatic carbocycles. The fraction of sp³-hybridized carbons (Fsp3) is 0.111. The molecule has 1 N–H and O–H groups in total. The van der Waals surface area contributed by atoms with Crippen molar-refractivity contribution in [1.29, 1.82) is 0 Å². The third kappa shape index (κ3) is 3.27. The summed E-state index contributed by atoms with van der Waals surface area (Å²) in [6.45, 7) is 3.84. The van der Waals surface area contributed by atoms with Crippen molar-refractivity contribution in [2.24, 2.45) is 7.05 Å². The summed E-state index contributed by atoms with van der Waals surface area (Å²) in [5.41, 5.74) is 2.29. The quantitative estimate of drug-likeness (QED) is 0.395. The highest BCUT2D eigenvalue weighted by molar-refractivity contribution is 7.80. The van der Waals surface area contributed by atoms with Gasteiger partial charge in [0, 0.05) is 30.9 Å². The Balaban J connectivity index is 2.05. The number of hydrogen-bond acceptors (Lipinski definition) is 4. The Kier molecular flexibility index (Phi) is 4.58. The lowest BCUT2D eigenvalue weighted by atomic mass is 10.0. The first kappa shape index (κ1) is 16.8. The number of aromatic nitrogens is 2. The lowest BCUT2D eigenvalue weighted by molar-refractivity contribution is -0.128. The summed E-state index contributed by atoms with van der Waals surface area (Å²) in [5.74, 6) is -0.963. The maximum Gasteiger partial charge on any atom is 0.265 e. The zero-order valence-electron chi connectivity index (χ0n) is 13.6. The average Bonchev–Trinajstić information content (AvgIpc) is 2.97. The highest BCUT2D eigenvalue weighted by Gasteiger charge is 2.33. The van der Waals surface area contributed by atoms with Crippen molar-refractivity contribution in [2.75, 3.05) is 6.54 Å². The van der Waals surface area contributed by atoms with Crippen molar-refractivity contribution < 1.29 is 9.59 Å². The summed E-state index contributed by atoms with van der Waals surface area (Å²) < 4.78 is 1.64. The Labute approximate surface area is 150 Å². The van der Waals surface area contributed by atoms with Crippen molar-refractivity contribution in [3.05, 3.63) is 60.3 Å². The van der Waals surface area contributed by atoms with Crippen LogP contribution in [0.5, 0.6) is 0 Å². The predicted molar refractivity (Wildman–Crippen MR) is 99.3 cm³/mol. The summed E-state index contributed by atoms with van der Waals surface area (Å²) in [4.78, 5) is 26.2. The van der Waals surface area contributed by atoms with Gasteiger partial charge in [0.15, 0.2) is 5.11 Å². The number of thiocarbonyl (C=S) groups is 1. The van der Waals surface area contributed by atoms with E-state index in [4.69, 9.17) is 12.2 Å². The monoisotopic (exact) mass is 352 g/mol. The Bertz CT molecular complexity index is 899. The van der Waals surface area contributed by atoms with Crippen LogP contribution in [0.2, 0.25) is 0 Å². The molecule has 0 spiro atoms. The molecular formula is C18H16N4O2S. The fourth-order valence-electron chi connectivity index (χ4n) is 2.58. The molecule has 1 aliphatic heterocycles. The number of amides is 2. The van der Waals surface area contributed by atoms with Gasteiger partial charge < -0.3 is 0 Å². The number of nitrogens with one attached hydrogen (secondary N) is 1. The van der Waals surface area contributed by atoms with E-state index in [-0.39, 0.29) is 17.2 Å². The molecule has 126 valence electrons. The van der Waals surface area contributed by atoms with E-state index in [0.29, 0.717) is 11.3 Å². The van der Waals surface area contributed by atoms with Gasteiger partial charge >= 0.3 is 0 Å². The summed E-state index contributed by atoms with van der Waals surface area (Å²) in [6.07, 6.45) is 4.87. The molecule has 1 saturated heterocycles. The van der Waals surface area contributed by atoms with Crippen molar-refractivity contribution in [1.82, 2.24) is 20.0 Å². The Morgan fingerprint density at radius 2 is 2.00 bits per heavy atom. The Hall–Kier alpha value is -3.06. The standard InChI is InChI=1S/C18H16N4O2S/c1-3-9-22-17(24)14(16(23)19-18(22)25)10-13-11-21(2)20-15(13)12-7-5-4-6-8-12/h3-8,10-11H,1,9H2,2H3,(H,19,23,25)/b14-10+. The van der Waals surface area contributed by atoms with Crippen LogP contribution in [0, 0.1) is 0 Å². The highest BCUT2D eigenvalue weighted by atomic mass is 32.1. The second-order valence-electron chi connectivity index (χ2n) is 5.49. The molecule has 1 aromatic carbocycles. The molecule has 0 atom stereocenters. The first-order valence-electron chi connectivity index (χ1n) is 7.60. The third-order valence-corrected chi connectivity index (χ3v) is 4.02. The molecule has 0 unspecified atom stereocenters. The van der Waals surface area contributed by atoms with Crippen LogP contribution >= 0.6 is 12.2 Å². The van der Waals surface area contributed by atoms with E-state index in [9.17, 15) is 9.59 Å². The van der Waals surface area contributed by atoms with Gasteiger partial charge in [0.25, 0.3) is 11.8 Å². The molecule has 1 aromatic heterocycles. The van der Waals surface area contributed by atoms with Gasteiger partial charge in [0.1, 0.15) is 5.57 Å². The number of rotatable bonds is 4. The van der Waals surface area contributed by atoms with E-state index < -0.39 is 11.8 Å². The molecule has 1 fully saturated rings. The van der Waals surface area contributed by atoms with Crippen LogP contribution in [0.3, 0.4) is 0 Å². The second kappa shape index (κ2) is 6.82. The largest absolute Gasteiger partial charge is 0.298 e. The lowest BCUT2D eigenvalue weighted by Crippen LogP contribution is -2.53. The molecule has 0 radical (unpaired) electrons. The first-order valence-corrected chi connectivity index (χ1v) is 8.01. The third-order valence-electron chi connectivity index (χ3n) is 3.70. The maximum absolute atomic E-state index is 12.6. The van der Waals surface area contributed by atoms with E-state index in [1.807, 2.05) is 30.3 Å². The molecule has 0 bridgehead atoms. The number of nitrogens with zero attached hydrogens (tertiary/aromatic N) is 3. The SMILES string of the molecule is C=CCN1C(=O)/C(=C/c2cn(C)nc2-c2ccccc2)C(=O)NC1=S. The molecule has 2 aromatic rings. The van der Waals surface area contributed by atoms with Gasteiger partial charge in [-0.15, -0.1) is 6.58 Å². The average molecular weight is 352 g/mol. The van der Waals surface area contributed by atoms with Gasteiger partial charge in [-0.05, 0) is 18.3 Å². The molecule has 6 nitrogen and oxygen atoms in total. The van der Waals surface area contributed by atoms with Crippen LogP contribution in [0.4, 0.5) is 0 Å². The fourth-order valence-corrected chi connectivity index (χ4v) is 2.83. The summed E-state index contributed by atoms with van der Waals surface area (Å²) in [6, 6.07) is 9.57. The van der Waals surface area contributed by atoms with Crippen molar-refractivity contribution in [2.45, 2.75) is 0 Å². The smallest absolute Gasteiger partial charge is 0.265 e. The maximum atomic E-state index is 12.6. The number of carbonyl (C=O) groups excluding carboxylic acids is 2. The van der Waals surface area contributed by atoms with Crippen LogP contribution in [-0.4, -0.2) is 38.2 Å². The van der Waals surface area contributed by atoms with Gasteiger partial charge in [-0.3, -0.25) is 24.5 Å². The van der Waals surface area contributed by atoms with Crippen molar-refractivity contribution in [3.8, 4) is 11.3 Å². The van der Waals surface area contributed by atoms with Gasteiger partial charge in [0.2, 0.25) is 0 Å². The van der Waals surface area contributed by atoms with Crippen LogP contribution < -0.4 is 5.32 Å². The molecular weight excluding hydrogens is 336 g/mol. The predicted octanol–water partition coefficient (Wildman–Crippen LogP) is 1.90. The Morgan fingerprint density at radius 3 is 2.68 bits per heavy atom. The minimum Gasteiger partial charge on any atom is -0.298 e. The molecule has 7 heteroatoms. The number of hydrogen-bond donors (Lipinski definition) is 1. The topological polar surface area (TPSA) is 67.2 Å². The molecule has 3 rings (SSSR count). The van der Waals surface area contributed by atoms with Crippen LogP contribution in [0.15, 0.2) is 54.8 Å². The summed E-state index contributed by atoms with van der Waals surface area (Å²) in [5, 5.41) is 7.06. The highest BCUT2D eigenvalue weighted by Crippen LogP contribution is 2.25. The van der Waals surface area contributed by atoms with Crippen LogP contribution in [0.1, 0.15) is 5.56 Å². The van der Waals surface area contributed by atoms with E-state index in [2.05, 4.69) is 17.0 Å². The lowest BCUT2D eigenvalue weighted by Gasteiger charge is -2.27. The number of benzene rings is 1. The summed E-state index contributed by atoms with van der Waals surface area (Å²) in [7, 11) is 1.79. The van der Waals surface area contributed by atoms with Crippen LogP contribution in [0.25, 0.3) is 17.3 Å². The second-order valence-corrected chi connectivity index (χ2v) is 5.88. The summed E-state index contributed by atoms with van der Waals surface area (Å²) >= 11 is 5.05. The minimum absolute atomic E-state index is 0.0145. The van der Waals surface area contributed by atoms with E-state index >= 15 is 0 Å². The normalized spacial score (nSPS) is 16.3. The molecule has 2 amide bonds. The van der Waals surface area contributed by atoms with Crippen molar-refractivity contribution >= 4 is 35.2 Å². The van der Waals surface area contributed by atoms with Crippen molar-refractivity contribution in [3.63, 3.8) is 0 Å². The molecule has 2 heterocycles.